The standard InChI is InChI=1S/C16H11ClN4O7S2/c17-7-1-3-8(4-2-7)30(27,28)21-16(26)18-10-6-29-5-9(10)13-19-11(15(24)25)12(22)14(23)20-13/h1-6,22H,(H,24,25)(H2,18,21,26)(H,19,20,23). The van der Waals surface area contributed by atoms with Crippen molar-refractivity contribution in [3.05, 3.63) is 56.1 Å². The third-order valence-electron chi connectivity index (χ3n) is 3.61. The maximum absolute atomic E-state index is 12.3. The number of benzene rings is 1. The summed E-state index contributed by atoms with van der Waals surface area (Å²) in [7, 11) is -4.19. The first-order valence-electron chi connectivity index (χ1n) is 7.81. The van der Waals surface area contributed by atoms with Gasteiger partial charge in [0.15, 0.2) is 5.69 Å². The number of nitrogens with zero attached hydrogens (tertiary/aromatic N) is 1. The van der Waals surface area contributed by atoms with E-state index in [0.29, 0.717) is 5.02 Å². The van der Waals surface area contributed by atoms with Crippen LogP contribution >= 0.6 is 22.9 Å². The summed E-state index contributed by atoms with van der Waals surface area (Å²) >= 11 is 6.78. The molecule has 0 unspecified atom stereocenters. The zero-order valence-electron chi connectivity index (χ0n) is 14.5. The van der Waals surface area contributed by atoms with Crippen molar-refractivity contribution in [3.8, 4) is 17.1 Å². The lowest BCUT2D eigenvalue weighted by atomic mass is 10.2. The molecule has 0 saturated heterocycles. The number of carbonyl (C=O) groups excluding carboxylic acids is 1. The maximum atomic E-state index is 12.3. The molecule has 11 nitrogen and oxygen atoms in total. The van der Waals surface area contributed by atoms with Crippen molar-refractivity contribution in [2.75, 3.05) is 5.32 Å². The van der Waals surface area contributed by atoms with Gasteiger partial charge in [-0.15, -0.1) is 11.3 Å². The number of aromatic nitrogens is 2. The van der Waals surface area contributed by atoms with Crippen LogP contribution in [0.1, 0.15) is 10.5 Å². The third-order valence-corrected chi connectivity index (χ3v) is 5.96. The number of urea groups is 1. The predicted octanol–water partition coefficient (Wildman–Crippen LogP) is 2.07. The van der Waals surface area contributed by atoms with Gasteiger partial charge in [-0.05, 0) is 24.3 Å². The van der Waals surface area contributed by atoms with Crippen LogP contribution in [-0.4, -0.2) is 40.6 Å². The summed E-state index contributed by atoms with van der Waals surface area (Å²) in [6, 6.07) is 4.01. The molecular weight excluding hydrogens is 460 g/mol. The van der Waals surface area contributed by atoms with Gasteiger partial charge in [-0.25, -0.2) is 27.7 Å². The van der Waals surface area contributed by atoms with Gasteiger partial charge in [-0.2, -0.15) is 0 Å². The number of aromatic amines is 1. The molecule has 30 heavy (non-hydrogen) atoms. The molecule has 0 spiro atoms. The number of aromatic carboxylic acids is 1. The minimum Gasteiger partial charge on any atom is -0.501 e. The minimum atomic E-state index is -4.19. The van der Waals surface area contributed by atoms with Crippen LogP contribution in [0.25, 0.3) is 11.4 Å². The van der Waals surface area contributed by atoms with Crippen LogP contribution in [0.3, 0.4) is 0 Å². The fourth-order valence-electron chi connectivity index (χ4n) is 2.26. The van der Waals surface area contributed by atoms with Crippen molar-refractivity contribution in [1.82, 2.24) is 14.7 Å². The Morgan fingerprint density at radius 1 is 1.17 bits per heavy atom. The Morgan fingerprint density at radius 3 is 2.47 bits per heavy atom. The van der Waals surface area contributed by atoms with E-state index < -0.39 is 39.0 Å². The number of halogens is 1. The van der Waals surface area contributed by atoms with Crippen molar-refractivity contribution in [2.45, 2.75) is 4.90 Å². The van der Waals surface area contributed by atoms with Crippen LogP contribution in [0.15, 0.2) is 44.7 Å². The molecule has 0 saturated carbocycles. The zero-order chi connectivity index (χ0) is 22.1. The molecule has 0 atom stereocenters. The number of hydrogen-bond acceptors (Lipinski definition) is 8. The first-order chi connectivity index (χ1) is 14.1. The maximum Gasteiger partial charge on any atom is 0.358 e. The average molecular weight is 471 g/mol. The highest BCUT2D eigenvalue weighted by molar-refractivity contribution is 7.90. The van der Waals surface area contributed by atoms with E-state index in [2.05, 4.69) is 15.3 Å². The molecule has 5 N–H and O–H groups in total. The Labute approximate surface area is 177 Å². The topological polar surface area (TPSA) is 179 Å². The van der Waals surface area contributed by atoms with Gasteiger partial charge in [0, 0.05) is 15.8 Å². The van der Waals surface area contributed by atoms with Crippen LogP contribution in [0.4, 0.5) is 10.5 Å². The number of aromatic hydroxyl groups is 1. The Morgan fingerprint density at radius 2 is 1.83 bits per heavy atom. The summed E-state index contributed by atoms with van der Waals surface area (Å²) in [4.78, 5) is 40.8. The van der Waals surface area contributed by atoms with Gasteiger partial charge < -0.3 is 20.5 Å². The van der Waals surface area contributed by atoms with Crippen molar-refractivity contribution in [1.29, 1.82) is 0 Å². The Hall–Kier alpha value is -3.42. The highest BCUT2D eigenvalue weighted by Crippen LogP contribution is 2.29. The van der Waals surface area contributed by atoms with Gasteiger partial charge in [0.05, 0.1) is 16.1 Å². The molecule has 1 aromatic carbocycles. The first-order valence-corrected chi connectivity index (χ1v) is 10.6. The smallest absolute Gasteiger partial charge is 0.358 e. The molecule has 14 heteroatoms. The molecule has 0 bridgehead atoms. The summed E-state index contributed by atoms with van der Waals surface area (Å²) in [5.74, 6) is -2.94. The van der Waals surface area contributed by atoms with Gasteiger partial charge in [-0.1, -0.05) is 11.6 Å². The van der Waals surface area contributed by atoms with Crippen LogP contribution in [0.5, 0.6) is 5.75 Å². The monoisotopic (exact) mass is 470 g/mol. The normalized spacial score (nSPS) is 11.1. The van der Waals surface area contributed by atoms with E-state index in [4.69, 9.17) is 16.7 Å². The molecule has 0 aliphatic heterocycles. The molecule has 0 aliphatic rings. The summed E-state index contributed by atoms with van der Waals surface area (Å²) in [6.07, 6.45) is 0. The summed E-state index contributed by atoms with van der Waals surface area (Å²) in [5, 5.41) is 24.0. The number of thiophene rings is 1. The molecule has 0 fully saturated rings. The lowest BCUT2D eigenvalue weighted by Crippen LogP contribution is -2.34. The molecule has 0 radical (unpaired) electrons. The second-order valence-electron chi connectivity index (χ2n) is 5.63. The number of carboxylic acid groups (broad SMARTS) is 1. The van der Waals surface area contributed by atoms with Crippen LogP contribution in [0, 0.1) is 0 Å². The van der Waals surface area contributed by atoms with E-state index in [1.807, 2.05) is 4.72 Å². The number of carbonyl (C=O) groups is 2. The van der Waals surface area contributed by atoms with E-state index in [9.17, 15) is 27.9 Å². The third kappa shape index (κ3) is 4.42. The van der Waals surface area contributed by atoms with Crippen molar-refractivity contribution >= 4 is 50.6 Å². The molecule has 3 rings (SSSR count). The highest BCUT2D eigenvalue weighted by Gasteiger charge is 2.22. The number of carboxylic acids is 1. The molecule has 2 aromatic heterocycles. The van der Waals surface area contributed by atoms with E-state index in [0.717, 1.165) is 11.3 Å². The number of H-pyrrole nitrogens is 1. The van der Waals surface area contributed by atoms with Gasteiger partial charge >= 0.3 is 12.0 Å². The van der Waals surface area contributed by atoms with Crippen molar-refractivity contribution < 1.29 is 28.2 Å². The van der Waals surface area contributed by atoms with E-state index >= 15 is 0 Å². The Balaban J connectivity index is 1.86. The molecular formula is C16H11ClN4O7S2. The number of anilines is 1. The lowest BCUT2D eigenvalue weighted by molar-refractivity contribution is 0.0686. The molecule has 3 aromatic rings. The van der Waals surface area contributed by atoms with Crippen molar-refractivity contribution in [3.63, 3.8) is 0 Å². The van der Waals surface area contributed by atoms with Crippen LogP contribution in [0.2, 0.25) is 5.02 Å². The first kappa shape index (κ1) is 21.3. The van der Waals surface area contributed by atoms with Gasteiger partial charge in [0.25, 0.3) is 15.6 Å². The van der Waals surface area contributed by atoms with E-state index in [1.54, 1.807) is 0 Å². The Bertz CT molecular complexity index is 1300. The quantitative estimate of drug-likeness (QED) is 0.376. The molecule has 0 aliphatic carbocycles. The average Bonchev–Trinajstić information content (AvgIpc) is 3.11. The van der Waals surface area contributed by atoms with E-state index in [1.165, 1.54) is 35.0 Å². The van der Waals surface area contributed by atoms with Gasteiger partial charge in [0.1, 0.15) is 5.82 Å². The van der Waals surface area contributed by atoms with Gasteiger partial charge in [0.2, 0.25) is 5.75 Å². The second-order valence-corrected chi connectivity index (χ2v) is 8.49. The fraction of sp³-hybridized carbons (Fsp3) is 0. The summed E-state index contributed by atoms with van der Waals surface area (Å²) in [5.41, 5.74) is -1.81. The minimum absolute atomic E-state index is 0.0500. The largest absolute Gasteiger partial charge is 0.501 e. The zero-order valence-corrected chi connectivity index (χ0v) is 16.9. The highest BCUT2D eigenvalue weighted by atomic mass is 35.5. The SMILES string of the molecule is O=C(Nc1cscc1-c1nc(C(=O)O)c(O)c(=O)[nH]1)NS(=O)(=O)c1ccc(Cl)cc1. The Kier molecular flexibility index (Phi) is 5.78. The van der Waals surface area contributed by atoms with Gasteiger partial charge in [-0.3, -0.25) is 4.79 Å². The van der Waals surface area contributed by atoms with E-state index in [-0.39, 0.29) is 22.0 Å². The predicted molar refractivity (Wildman–Crippen MR) is 108 cm³/mol. The number of nitrogens with one attached hydrogen (secondary N) is 3. The number of amides is 2. The number of rotatable bonds is 5. The fourth-order valence-corrected chi connectivity index (χ4v) is 4.06. The number of sulfonamides is 1. The molecule has 2 amide bonds. The lowest BCUT2D eigenvalue weighted by Gasteiger charge is -2.10. The summed E-state index contributed by atoms with van der Waals surface area (Å²) in [6.45, 7) is 0. The van der Waals surface area contributed by atoms with Crippen LogP contribution < -0.4 is 15.6 Å². The van der Waals surface area contributed by atoms with Crippen LogP contribution in [-0.2, 0) is 10.0 Å². The number of hydrogen-bond donors (Lipinski definition) is 5. The summed E-state index contributed by atoms with van der Waals surface area (Å²) < 4.78 is 26.4. The second kappa shape index (κ2) is 8.14. The molecule has 2 heterocycles. The van der Waals surface area contributed by atoms with Crippen molar-refractivity contribution in [2.24, 2.45) is 0 Å². The molecule has 156 valence electrons.